The third kappa shape index (κ3) is 6.63. The van der Waals surface area contributed by atoms with Gasteiger partial charge in [0.2, 0.25) is 11.7 Å². The van der Waals surface area contributed by atoms with Gasteiger partial charge in [0, 0.05) is 31.1 Å². The number of hydrogen-bond acceptors (Lipinski definition) is 5. The zero-order valence-electron chi connectivity index (χ0n) is 17.1. The van der Waals surface area contributed by atoms with Crippen LogP contribution in [0.4, 0.5) is 0 Å². The normalized spacial score (nSPS) is 11.8. The van der Waals surface area contributed by atoms with Gasteiger partial charge in [-0.05, 0) is 29.5 Å². The topological polar surface area (TPSA) is 85.2 Å². The second-order valence-corrected chi connectivity index (χ2v) is 8.86. The summed E-state index contributed by atoms with van der Waals surface area (Å²) in [6.07, 6.45) is 0.704. The first kappa shape index (κ1) is 23.1. The average molecular weight is 395 g/mol. The van der Waals surface area contributed by atoms with Crippen molar-refractivity contribution in [3.63, 3.8) is 0 Å². The van der Waals surface area contributed by atoms with E-state index in [0.717, 1.165) is 5.56 Å². The van der Waals surface area contributed by atoms with E-state index in [4.69, 9.17) is 10.3 Å². The molecule has 2 N–H and O–H groups in total. The summed E-state index contributed by atoms with van der Waals surface area (Å²) >= 11 is 0. The smallest absolute Gasteiger partial charge is 0.253 e. The Bertz CT molecular complexity index is 765. The molecule has 0 unspecified atom stereocenters. The van der Waals surface area contributed by atoms with Crippen molar-refractivity contribution in [1.29, 1.82) is 0 Å². The van der Waals surface area contributed by atoms with E-state index in [1.807, 2.05) is 26.0 Å². The van der Waals surface area contributed by atoms with Gasteiger partial charge in [0.15, 0.2) is 0 Å². The van der Waals surface area contributed by atoms with Crippen molar-refractivity contribution in [3.05, 3.63) is 35.7 Å². The average Bonchev–Trinajstić information content (AvgIpc) is 3.00. The van der Waals surface area contributed by atoms with Gasteiger partial charge in [0.1, 0.15) is 0 Å². The number of carbonyl (C=O) groups is 1. The van der Waals surface area contributed by atoms with Crippen LogP contribution in [-0.2, 0) is 6.42 Å². The second-order valence-electron chi connectivity index (χ2n) is 8.86. The fourth-order valence-electron chi connectivity index (χ4n) is 2.69. The van der Waals surface area contributed by atoms with E-state index in [2.05, 4.69) is 30.9 Å². The summed E-state index contributed by atoms with van der Waals surface area (Å²) in [7, 11) is 1.79. The predicted molar refractivity (Wildman–Crippen MR) is 110 cm³/mol. The number of carbonyl (C=O) groups excluding carboxylic acids is 1. The minimum absolute atomic E-state index is 0. The highest BCUT2D eigenvalue weighted by Gasteiger charge is 2.23. The summed E-state index contributed by atoms with van der Waals surface area (Å²) in [6, 6.07) is 7.32. The lowest BCUT2D eigenvalue weighted by atomic mass is 9.92. The predicted octanol–water partition coefficient (Wildman–Crippen LogP) is 3.80. The number of aromatic nitrogens is 2. The van der Waals surface area contributed by atoms with Gasteiger partial charge in [0.05, 0.1) is 0 Å². The lowest BCUT2D eigenvalue weighted by Crippen LogP contribution is -2.39. The molecule has 0 atom stereocenters. The van der Waals surface area contributed by atoms with Crippen molar-refractivity contribution in [1.82, 2.24) is 15.0 Å². The van der Waals surface area contributed by atoms with Crippen molar-refractivity contribution >= 4 is 18.3 Å². The Kier molecular flexibility index (Phi) is 7.57. The van der Waals surface area contributed by atoms with Gasteiger partial charge in [-0.15, -0.1) is 12.4 Å². The number of halogens is 1. The SMILES string of the molecule is CN(CC(C)(C)CN)C(=O)c1cccc(-c2noc(CC(C)(C)C)n2)c1.Cl. The van der Waals surface area contributed by atoms with E-state index in [1.54, 1.807) is 24.1 Å². The molecule has 0 aliphatic heterocycles. The molecule has 0 aliphatic rings. The van der Waals surface area contributed by atoms with Gasteiger partial charge in [-0.1, -0.05) is 51.9 Å². The fourth-order valence-corrected chi connectivity index (χ4v) is 2.69. The summed E-state index contributed by atoms with van der Waals surface area (Å²) in [5.74, 6) is 1.06. The van der Waals surface area contributed by atoms with Gasteiger partial charge in [0.25, 0.3) is 5.91 Å². The quantitative estimate of drug-likeness (QED) is 0.805. The van der Waals surface area contributed by atoms with Crippen LogP contribution in [0.3, 0.4) is 0 Å². The van der Waals surface area contributed by atoms with Gasteiger partial charge in [-0.25, -0.2) is 0 Å². The zero-order valence-corrected chi connectivity index (χ0v) is 17.9. The molecular formula is C20H31ClN4O2. The molecule has 2 aromatic rings. The van der Waals surface area contributed by atoms with Crippen LogP contribution in [-0.4, -0.2) is 41.1 Å². The monoisotopic (exact) mass is 394 g/mol. The molecule has 0 saturated carbocycles. The molecule has 7 heteroatoms. The number of nitrogens with two attached hydrogens (primary N) is 1. The molecule has 27 heavy (non-hydrogen) atoms. The number of rotatable bonds is 6. The Labute approximate surface area is 167 Å². The van der Waals surface area contributed by atoms with Crippen molar-refractivity contribution in [2.45, 2.75) is 41.0 Å². The highest BCUT2D eigenvalue weighted by atomic mass is 35.5. The fraction of sp³-hybridized carbons (Fsp3) is 0.550. The van der Waals surface area contributed by atoms with Crippen LogP contribution in [0.15, 0.2) is 28.8 Å². The largest absolute Gasteiger partial charge is 0.341 e. The van der Waals surface area contributed by atoms with E-state index in [9.17, 15) is 4.79 Å². The Morgan fingerprint density at radius 1 is 1.22 bits per heavy atom. The highest BCUT2D eigenvalue weighted by Crippen LogP contribution is 2.23. The van der Waals surface area contributed by atoms with Crippen LogP contribution >= 0.6 is 12.4 Å². The standard InChI is InChI=1S/C20H30N4O2.ClH/c1-19(2,3)11-16-22-17(23-26-16)14-8-7-9-15(10-14)18(25)24(6)13-20(4,5)12-21;/h7-10H,11-13,21H2,1-6H3;1H. The second kappa shape index (κ2) is 8.85. The van der Waals surface area contributed by atoms with Crippen LogP contribution in [0.5, 0.6) is 0 Å². The van der Waals surface area contributed by atoms with Crippen molar-refractivity contribution in [2.75, 3.05) is 20.1 Å². The maximum absolute atomic E-state index is 12.7. The van der Waals surface area contributed by atoms with Crippen LogP contribution in [0, 0.1) is 10.8 Å². The molecule has 1 amide bonds. The molecule has 1 heterocycles. The molecule has 150 valence electrons. The van der Waals surface area contributed by atoms with Crippen LogP contribution in [0.2, 0.25) is 0 Å². The van der Waals surface area contributed by atoms with Crippen LogP contribution < -0.4 is 5.73 Å². The maximum atomic E-state index is 12.7. The molecule has 0 fully saturated rings. The van der Waals surface area contributed by atoms with Crippen molar-refractivity contribution in [3.8, 4) is 11.4 Å². The van der Waals surface area contributed by atoms with Crippen LogP contribution in [0.25, 0.3) is 11.4 Å². The van der Waals surface area contributed by atoms with Crippen molar-refractivity contribution < 1.29 is 9.32 Å². The molecule has 1 aromatic heterocycles. The molecule has 0 aliphatic carbocycles. The molecule has 1 aromatic carbocycles. The first-order chi connectivity index (χ1) is 12.0. The molecule has 0 spiro atoms. The van der Waals surface area contributed by atoms with Gasteiger partial charge in [-0.2, -0.15) is 4.98 Å². The lowest BCUT2D eigenvalue weighted by Gasteiger charge is -2.29. The van der Waals surface area contributed by atoms with E-state index < -0.39 is 0 Å². The van der Waals surface area contributed by atoms with E-state index in [-0.39, 0.29) is 29.1 Å². The number of benzene rings is 1. The summed E-state index contributed by atoms with van der Waals surface area (Å²) in [5.41, 5.74) is 7.08. The van der Waals surface area contributed by atoms with Gasteiger partial charge < -0.3 is 15.2 Å². The minimum Gasteiger partial charge on any atom is -0.341 e. The van der Waals surface area contributed by atoms with E-state index in [1.165, 1.54) is 0 Å². The van der Waals surface area contributed by atoms with Gasteiger partial charge >= 0.3 is 0 Å². The molecule has 6 nitrogen and oxygen atoms in total. The first-order valence-electron chi connectivity index (χ1n) is 8.89. The molecule has 0 radical (unpaired) electrons. The Balaban J connectivity index is 0.00000364. The highest BCUT2D eigenvalue weighted by molar-refractivity contribution is 5.95. The third-order valence-corrected chi connectivity index (χ3v) is 4.08. The summed E-state index contributed by atoms with van der Waals surface area (Å²) in [6.45, 7) is 11.6. The maximum Gasteiger partial charge on any atom is 0.253 e. The van der Waals surface area contributed by atoms with E-state index >= 15 is 0 Å². The van der Waals surface area contributed by atoms with Gasteiger partial charge in [-0.3, -0.25) is 4.79 Å². The first-order valence-corrected chi connectivity index (χ1v) is 8.89. The lowest BCUT2D eigenvalue weighted by molar-refractivity contribution is 0.0740. The molecule has 2 rings (SSSR count). The van der Waals surface area contributed by atoms with E-state index in [0.29, 0.717) is 36.8 Å². The Morgan fingerprint density at radius 2 is 1.89 bits per heavy atom. The Morgan fingerprint density at radius 3 is 2.48 bits per heavy atom. The zero-order chi connectivity index (χ0) is 19.5. The summed E-state index contributed by atoms with van der Waals surface area (Å²) in [4.78, 5) is 18.9. The Hall–Kier alpha value is -1.92. The molecule has 0 bridgehead atoms. The van der Waals surface area contributed by atoms with Crippen LogP contribution in [0.1, 0.15) is 50.9 Å². The third-order valence-electron chi connectivity index (χ3n) is 4.08. The molecular weight excluding hydrogens is 364 g/mol. The number of hydrogen-bond donors (Lipinski definition) is 1. The summed E-state index contributed by atoms with van der Waals surface area (Å²) < 4.78 is 5.35. The number of nitrogens with zero attached hydrogens (tertiary/aromatic N) is 3. The van der Waals surface area contributed by atoms with Crippen molar-refractivity contribution in [2.24, 2.45) is 16.6 Å². The molecule has 0 saturated heterocycles. The summed E-state index contributed by atoms with van der Waals surface area (Å²) in [5, 5.41) is 4.06. The minimum atomic E-state index is -0.127. The number of amides is 1.